The molecule has 3 N–H and O–H groups in total. The maximum absolute atomic E-state index is 11.4. The third kappa shape index (κ3) is 3.77. The first-order valence-electron chi connectivity index (χ1n) is 5.27. The van der Waals surface area contributed by atoms with E-state index in [2.05, 4.69) is 10.4 Å². The van der Waals surface area contributed by atoms with E-state index in [4.69, 9.17) is 9.88 Å². The van der Waals surface area contributed by atoms with E-state index >= 15 is 0 Å². The molecule has 1 rings (SSSR count). The summed E-state index contributed by atoms with van der Waals surface area (Å²) in [6.45, 7) is 3.87. The minimum Gasteiger partial charge on any atom is -0.383 e. The quantitative estimate of drug-likeness (QED) is 0.632. The van der Waals surface area contributed by atoms with Crippen molar-refractivity contribution in [3.05, 3.63) is 11.8 Å². The van der Waals surface area contributed by atoms with Gasteiger partial charge in [0.15, 0.2) is 5.03 Å². The van der Waals surface area contributed by atoms with Crippen LogP contribution in [0.25, 0.3) is 0 Å². The highest BCUT2D eigenvalue weighted by atomic mass is 32.2. The van der Waals surface area contributed by atoms with E-state index in [1.165, 1.54) is 10.9 Å². The Morgan fingerprint density at radius 2 is 2.29 bits per heavy atom. The summed E-state index contributed by atoms with van der Waals surface area (Å²) in [6, 6.07) is 0. The molecule has 0 saturated heterocycles. The number of sulfonamides is 1. The molecule has 0 saturated carbocycles. The van der Waals surface area contributed by atoms with Crippen molar-refractivity contribution < 1.29 is 13.2 Å². The first-order valence-corrected chi connectivity index (χ1v) is 6.82. The average molecular weight is 262 g/mol. The van der Waals surface area contributed by atoms with Gasteiger partial charge in [-0.25, -0.2) is 13.6 Å². The van der Waals surface area contributed by atoms with Gasteiger partial charge in [0.25, 0.3) is 10.0 Å². The summed E-state index contributed by atoms with van der Waals surface area (Å²) in [6.07, 6.45) is 1.52. The van der Waals surface area contributed by atoms with Gasteiger partial charge >= 0.3 is 0 Å². The lowest BCUT2D eigenvalue weighted by Gasteiger charge is -2.06. The molecule has 0 amide bonds. The highest BCUT2D eigenvalue weighted by Crippen LogP contribution is 2.13. The molecule has 1 aromatic rings. The molecule has 0 aliphatic heterocycles. The molecule has 0 bridgehead atoms. The van der Waals surface area contributed by atoms with Crippen LogP contribution in [0.3, 0.4) is 0 Å². The molecule has 0 spiro atoms. The van der Waals surface area contributed by atoms with Crippen LogP contribution in [0.5, 0.6) is 0 Å². The molecular formula is C9H18N4O3S. The summed E-state index contributed by atoms with van der Waals surface area (Å²) >= 11 is 0. The minimum atomic E-state index is -3.75. The highest BCUT2D eigenvalue weighted by molar-refractivity contribution is 7.89. The maximum atomic E-state index is 11.4. The van der Waals surface area contributed by atoms with Crippen LogP contribution in [0.4, 0.5) is 0 Å². The second kappa shape index (κ2) is 6.10. The van der Waals surface area contributed by atoms with Gasteiger partial charge in [0.2, 0.25) is 0 Å². The van der Waals surface area contributed by atoms with Gasteiger partial charge < -0.3 is 10.1 Å². The fraction of sp³-hybridized carbons (Fsp3) is 0.667. The molecule has 17 heavy (non-hydrogen) atoms. The van der Waals surface area contributed by atoms with Crippen molar-refractivity contribution in [3.63, 3.8) is 0 Å². The predicted molar refractivity (Wildman–Crippen MR) is 62.9 cm³/mol. The number of hydrogen-bond donors (Lipinski definition) is 2. The number of nitrogens with zero attached hydrogens (tertiary/aromatic N) is 2. The van der Waals surface area contributed by atoms with E-state index in [9.17, 15) is 8.42 Å². The molecule has 7 nitrogen and oxygen atoms in total. The summed E-state index contributed by atoms with van der Waals surface area (Å²) in [5.41, 5.74) is 0.574. The Morgan fingerprint density at radius 1 is 1.59 bits per heavy atom. The van der Waals surface area contributed by atoms with Crippen molar-refractivity contribution in [3.8, 4) is 0 Å². The van der Waals surface area contributed by atoms with Crippen molar-refractivity contribution in [2.24, 2.45) is 5.14 Å². The average Bonchev–Trinajstić information content (AvgIpc) is 2.67. The molecule has 0 unspecified atom stereocenters. The molecule has 1 aromatic heterocycles. The Balaban J connectivity index is 2.82. The molecule has 8 heteroatoms. The van der Waals surface area contributed by atoms with E-state index in [1.54, 1.807) is 7.11 Å². The third-order valence-corrected chi connectivity index (χ3v) is 3.24. The van der Waals surface area contributed by atoms with Gasteiger partial charge in [-0.1, -0.05) is 0 Å². The monoisotopic (exact) mass is 262 g/mol. The van der Waals surface area contributed by atoms with Gasteiger partial charge in [-0.05, 0) is 6.92 Å². The molecule has 0 radical (unpaired) electrons. The van der Waals surface area contributed by atoms with Crippen LogP contribution in [-0.2, 0) is 27.8 Å². The fourth-order valence-corrected chi connectivity index (χ4v) is 2.45. The summed E-state index contributed by atoms with van der Waals surface area (Å²) in [7, 11) is -2.14. The normalized spacial score (nSPS) is 11.9. The molecule has 0 atom stereocenters. The number of rotatable bonds is 7. The summed E-state index contributed by atoms with van der Waals surface area (Å²) in [5.74, 6) is 0. The first kappa shape index (κ1) is 14.1. The Kier molecular flexibility index (Phi) is 5.06. The molecule has 0 aliphatic rings. The number of nitrogens with one attached hydrogen (secondary N) is 1. The van der Waals surface area contributed by atoms with Gasteiger partial charge in [-0.15, -0.1) is 0 Å². The number of ether oxygens (including phenoxy) is 1. The Labute approximate surface area is 101 Å². The van der Waals surface area contributed by atoms with E-state index in [-0.39, 0.29) is 5.03 Å². The van der Waals surface area contributed by atoms with Gasteiger partial charge in [0.1, 0.15) is 0 Å². The van der Waals surface area contributed by atoms with Crippen molar-refractivity contribution in [2.45, 2.75) is 25.0 Å². The van der Waals surface area contributed by atoms with Crippen LogP contribution in [0.15, 0.2) is 11.2 Å². The Hall–Kier alpha value is -0.960. The predicted octanol–water partition coefficient (Wildman–Crippen LogP) is -0.714. The molecule has 0 fully saturated rings. The maximum Gasteiger partial charge on any atom is 0.255 e. The number of aryl methyl sites for hydroxylation is 1. The number of aromatic nitrogens is 2. The number of nitrogens with two attached hydrogens (primary N) is 1. The lowest BCUT2D eigenvalue weighted by atomic mass is 10.3. The molecule has 1 heterocycles. The SMILES string of the molecule is CCn1ncc(CNCCOC)c1S(N)(=O)=O. The van der Waals surface area contributed by atoms with Crippen molar-refractivity contribution in [2.75, 3.05) is 20.3 Å². The molecule has 98 valence electrons. The Bertz CT molecular complexity index is 455. The van der Waals surface area contributed by atoms with Crippen molar-refractivity contribution in [1.82, 2.24) is 15.1 Å². The van der Waals surface area contributed by atoms with Crippen molar-refractivity contribution in [1.29, 1.82) is 0 Å². The van der Waals surface area contributed by atoms with Gasteiger partial charge in [-0.3, -0.25) is 4.68 Å². The molecular weight excluding hydrogens is 244 g/mol. The molecule has 0 aromatic carbocycles. The zero-order valence-corrected chi connectivity index (χ0v) is 10.8. The fourth-order valence-electron chi connectivity index (χ4n) is 1.49. The zero-order valence-electron chi connectivity index (χ0n) is 10.0. The summed E-state index contributed by atoms with van der Waals surface area (Å²) < 4.78 is 29.2. The van der Waals surface area contributed by atoms with Crippen LogP contribution in [0, 0.1) is 0 Å². The minimum absolute atomic E-state index is 0.0740. The standard InChI is InChI=1S/C9H18N4O3S/c1-3-13-9(17(10,14)15)8(7-12-13)6-11-4-5-16-2/h7,11H,3-6H2,1-2H3,(H2,10,14,15). The lowest BCUT2D eigenvalue weighted by Crippen LogP contribution is -2.23. The van der Waals surface area contributed by atoms with Crippen molar-refractivity contribution >= 4 is 10.0 Å². The van der Waals surface area contributed by atoms with E-state index in [1.807, 2.05) is 6.92 Å². The zero-order chi connectivity index (χ0) is 12.9. The summed E-state index contributed by atoms with van der Waals surface area (Å²) in [5, 5.41) is 12.3. The van der Waals surface area contributed by atoms with Crippen LogP contribution >= 0.6 is 0 Å². The number of primary sulfonamides is 1. The van der Waals surface area contributed by atoms with Crippen LogP contribution in [0.2, 0.25) is 0 Å². The second-order valence-electron chi connectivity index (χ2n) is 3.51. The van der Waals surface area contributed by atoms with Crippen LogP contribution in [-0.4, -0.2) is 38.5 Å². The second-order valence-corrected chi connectivity index (χ2v) is 4.98. The van der Waals surface area contributed by atoms with E-state index in [0.717, 1.165) is 0 Å². The summed E-state index contributed by atoms with van der Waals surface area (Å²) in [4.78, 5) is 0. The van der Waals surface area contributed by atoms with Crippen LogP contribution in [0.1, 0.15) is 12.5 Å². The third-order valence-electron chi connectivity index (χ3n) is 2.23. The smallest absolute Gasteiger partial charge is 0.255 e. The molecule has 0 aliphatic carbocycles. The number of hydrogen-bond acceptors (Lipinski definition) is 5. The topological polar surface area (TPSA) is 99.2 Å². The van der Waals surface area contributed by atoms with Gasteiger partial charge in [0, 0.05) is 32.3 Å². The van der Waals surface area contributed by atoms with Gasteiger partial charge in [-0.2, -0.15) is 5.10 Å². The van der Waals surface area contributed by atoms with E-state index < -0.39 is 10.0 Å². The largest absolute Gasteiger partial charge is 0.383 e. The van der Waals surface area contributed by atoms with Crippen LogP contribution < -0.4 is 10.5 Å². The van der Waals surface area contributed by atoms with E-state index in [0.29, 0.717) is 31.8 Å². The van der Waals surface area contributed by atoms with Gasteiger partial charge in [0.05, 0.1) is 12.8 Å². The lowest BCUT2D eigenvalue weighted by molar-refractivity contribution is 0.199. The number of methoxy groups -OCH3 is 1. The Morgan fingerprint density at radius 3 is 2.82 bits per heavy atom. The highest BCUT2D eigenvalue weighted by Gasteiger charge is 2.19. The first-order chi connectivity index (χ1) is 8.00.